The van der Waals surface area contributed by atoms with E-state index in [1.165, 1.54) is 6.07 Å². The second-order valence-corrected chi connectivity index (χ2v) is 5.07. The molecule has 0 saturated heterocycles. The van der Waals surface area contributed by atoms with Crippen molar-refractivity contribution in [1.29, 1.82) is 5.26 Å². The Hall–Kier alpha value is -2.13. The molecule has 1 aromatic carbocycles. The zero-order chi connectivity index (χ0) is 15.9. The van der Waals surface area contributed by atoms with Gasteiger partial charge in [0.2, 0.25) is 0 Å². The zero-order valence-corrected chi connectivity index (χ0v) is 12.7. The molecule has 6 nitrogen and oxygen atoms in total. The third-order valence-corrected chi connectivity index (χ3v) is 3.16. The maximum Gasteiger partial charge on any atom is 0.311 e. The van der Waals surface area contributed by atoms with E-state index in [2.05, 4.69) is 11.4 Å². The summed E-state index contributed by atoms with van der Waals surface area (Å²) in [6.07, 6.45) is 1.61. The van der Waals surface area contributed by atoms with Gasteiger partial charge in [-0.2, -0.15) is 5.26 Å². The van der Waals surface area contributed by atoms with E-state index < -0.39 is 10.5 Å². The maximum absolute atomic E-state index is 11.1. The third-order valence-electron chi connectivity index (χ3n) is 3.16. The van der Waals surface area contributed by atoms with Gasteiger partial charge in [0.1, 0.15) is 12.1 Å². The Kier molecular flexibility index (Phi) is 6.12. The van der Waals surface area contributed by atoms with Crippen LogP contribution < -0.4 is 10.1 Å². The van der Waals surface area contributed by atoms with Crippen molar-refractivity contribution in [2.24, 2.45) is 0 Å². The van der Waals surface area contributed by atoms with Gasteiger partial charge in [0.15, 0.2) is 5.75 Å². The minimum atomic E-state index is -0.868. The standard InChI is InChI=1S/C15H21N3O3/c1-4-8-17-15(3,10-16)11-21-14-7-6-12(5-2)9-13(14)18(19)20/h6-7,9,17H,4-5,8,11H2,1-3H3. The Morgan fingerprint density at radius 2 is 2.19 bits per heavy atom. The van der Waals surface area contributed by atoms with E-state index in [0.717, 1.165) is 18.4 Å². The Labute approximate surface area is 124 Å². The summed E-state index contributed by atoms with van der Waals surface area (Å²) in [5.74, 6) is 0.192. The normalized spacial score (nSPS) is 13.2. The van der Waals surface area contributed by atoms with Crippen LogP contribution >= 0.6 is 0 Å². The zero-order valence-electron chi connectivity index (χ0n) is 12.7. The lowest BCUT2D eigenvalue weighted by Gasteiger charge is -2.23. The number of rotatable bonds is 8. The van der Waals surface area contributed by atoms with Crippen molar-refractivity contribution < 1.29 is 9.66 Å². The van der Waals surface area contributed by atoms with E-state index in [0.29, 0.717) is 6.54 Å². The molecule has 1 N–H and O–H groups in total. The molecule has 1 aromatic rings. The lowest BCUT2D eigenvalue weighted by Crippen LogP contribution is -2.46. The van der Waals surface area contributed by atoms with Crippen LogP contribution in [0.5, 0.6) is 5.75 Å². The summed E-state index contributed by atoms with van der Waals surface area (Å²) in [6.45, 7) is 6.38. The van der Waals surface area contributed by atoms with Gasteiger partial charge in [-0.25, -0.2) is 0 Å². The smallest absolute Gasteiger partial charge is 0.311 e. The molecule has 0 aromatic heterocycles. The summed E-state index contributed by atoms with van der Waals surface area (Å²) in [4.78, 5) is 10.6. The highest BCUT2D eigenvalue weighted by atomic mass is 16.6. The van der Waals surface area contributed by atoms with Crippen molar-refractivity contribution in [3.63, 3.8) is 0 Å². The average Bonchev–Trinajstić information content (AvgIpc) is 2.50. The van der Waals surface area contributed by atoms with Crippen LogP contribution in [0, 0.1) is 21.4 Å². The first-order chi connectivity index (χ1) is 9.95. The minimum Gasteiger partial charge on any atom is -0.484 e. The number of nitrogens with zero attached hydrogens (tertiary/aromatic N) is 2. The molecule has 1 unspecified atom stereocenters. The molecule has 21 heavy (non-hydrogen) atoms. The van der Waals surface area contributed by atoms with Gasteiger partial charge in [0, 0.05) is 6.07 Å². The number of ether oxygens (including phenoxy) is 1. The fourth-order valence-corrected chi connectivity index (χ4v) is 1.79. The molecule has 0 amide bonds. The van der Waals surface area contributed by atoms with Crippen LogP contribution in [0.2, 0.25) is 0 Å². The van der Waals surface area contributed by atoms with Crippen molar-refractivity contribution in [3.8, 4) is 11.8 Å². The Bertz CT molecular complexity index is 539. The van der Waals surface area contributed by atoms with Crippen LogP contribution in [-0.2, 0) is 6.42 Å². The largest absolute Gasteiger partial charge is 0.484 e. The molecule has 114 valence electrons. The fraction of sp³-hybridized carbons (Fsp3) is 0.533. The molecule has 0 aliphatic rings. The molecule has 0 heterocycles. The van der Waals surface area contributed by atoms with Gasteiger partial charge in [0.05, 0.1) is 11.0 Å². The van der Waals surface area contributed by atoms with E-state index in [1.807, 2.05) is 13.8 Å². The van der Waals surface area contributed by atoms with Crippen molar-refractivity contribution in [2.45, 2.75) is 39.2 Å². The number of hydrogen-bond donors (Lipinski definition) is 1. The second kappa shape index (κ2) is 7.60. The predicted octanol–water partition coefficient (Wildman–Crippen LogP) is 2.82. The molecule has 6 heteroatoms. The number of benzene rings is 1. The molecular formula is C15H21N3O3. The van der Waals surface area contributed by atoms with Crippen LogP contribution in [0.15, 0.2) is 18.2 Å². The predicted molar refractivity (Wildman–Crippen MR) is 80.3 cm³/mol. The number of aryl methyl sites for hydroxylation is 1. The number of hydrogen-bond acceptors (Lipinski definition) is 5. The lowest BCUT2D eigenvalue weighted by atomic mass is 10.1. The topological polar surface area (TPSA) is 88.2 Å². The molecule has 0 fully saturated rings. The van der Waals surface area contributed by atoms with Crippen LogP contribution in [-0.4, -0.2) is 23.6 Å². The Balaban J connectivity index is 2.88. The van der Waals surface area contributed by atoms with Gasteiger partial charge in [-0.15, -0.1) is 0 Å². The monoisotopic (exact) mass is 291 g/mol. The SMILES string of the molecule is CCCNC(C)(C#N)COc1ccc(CC)cc1[N+](=O)[O-]. The van der Waals surface area contributed by atoms with Crippen LogP contribution in [0.1, 0.15) is 32.8 Å². The van der Waals surface area contributed by atoms with Gasteiger partial charge < -0.3 is 4.74 Å². The molecule has 0 spiro atoms. The van der Waals surface area contributed by atoms with Gasteiger partial charge in [-0.3, -0.25) is 15.4 Å². The van der Waals surface area contributed by atoms with E-state index in [1.54, 1.807) is 19.1 Å². The van der Waals surface area contributed by atoms with Crippen molar-refractivity contribution in [3.05, 3.63) is 33.9 Å². The quantitative estimate of drug-likeness (QED) is 0.587. The first-order valence-electron chi connectivity index (χ1n) is 7.02. The van der Waals surface area contributed by atoms with Crippen molar-refractivity contribution in [1.82, 2.24) is 5.32 Å². The summed E-state index contributed by atoms with van der Waals surface area (Å²) in [5.41, 5.74) is -0.0563. The van der Waals surface area contributed by atoms with Gasteiger partial charge >= 0.3 is 5.69 Å². The number of nitrogens with one attached hydrogen (secondary N) is 1. The fourth-order valence-electron chi connectivity index (χ4n) is 1.79. The molecule has 1 atom stereocenters. The highest BCUT2D eigenvalue weighted by Crippen LogP contribution is 2.28. The highest BCUT2D eigenvalue weighted by Gasteiger charge is 2.25. The van der Waals surface area contributed by atoms with Gasteiger partial charge in [0.25, 0.3) is 0 Å². The number of nitro benzene ring substituents is 1. The summed E-state index contributed by atoms with van der Waals surface area (Å²) in [7, 11) is 0. The molecule has 0 radical (unpaired) electrons. The first-order valence-corrected chi connectivity index (χ1v) is 7.02. The average molecular weight is 291 g/mol. The van der Waals surface area contributed by atoms with Gasteiger partial charge in [-0.05, 0) is 37.9 Å². The Morgan fingerprint density at radius 3 is 2.71 bits per heavy atom. The van der Waals surface area contributed by atoms with Gasteiger partial charge in [-0.1, -0.05) is 19.9 Å². The summed E-state index contributed by atoms with van der Waals surface area (Å²) >= 11 is 0. The molecular weight excluding hydrogens is 270 g/mol. The molecule has 0 aliphatic heterocycles. The van der Waals surface area contributed by atoms with Crippen molar-refractivity contribution in [2.75, 3.05) is 13.2 Å². The van der Waals surface area contributed by atoms with Crippen LogP contribution in [0.4, 0.5) is 5.69 Å². The maximum atomic E-state index is 11.1. The van der Waals surface area contributed by atoms with E-state index in [-0.39, 0.29) is 18.0 Å². The van der Waals surface area contributed by atoms with Crippen molar-refractivity contribution >= 4 is 5.69 Å². The number of nitriles is 1. The molecule has 1 rings (SSSR count). The van der Waals surface area contributed by atoms with E-state index in [4.69, 9.17) is 4.74 Å². The Morgan fingerprint density at radius 1 is 1.48 bits per heavy atom. The molecule has 0 bridgehead atoms. The van der Waals surface area contributed by atoms with Crippen LogP contribution in [0.3, 0.4) is 0 Å². The third kappa shape index (κ3) is 4.72. The minimum absolute atomic E-state index is 0.0514. The summed E-state index contributed by atoms with van der Waals surface area (Å²) in [6, 6.07) is 7.05. The van der Waals surface area contributed by atoms with Crippen LogP contribution in [0.25, 0.3) is 0 Å². The summed E-state index contributed by atoms with van der Waals surface area (Å²) < 4.78 is 5.52. The lowest BCUT2D eigenvalue weighted by molar-refractivity contribution is -0.386. The second-order valence-electron chi connectivity index (χ2n) is 5.07. The molecule has 0 saturated carbocycles. The number of nitro groups is 1. The first kappa shape index (κ1) is 16.9. The van der Waals surface area contributed by atoms with E-state index >= 15 is 0 Å². The highest BCUT2D eigenvalue weighted by molar-refractivity contribution is 5.48. The molecule has 0 aliphatic carbocycles. The summed E-state index contributed by atoms with van der Waals surface area (Å²) in [5, 5.41) is 23.4. The van der Waals surface area contributed by atoms with E-state index in [9.17, 15) is 15.4 Å².